The van der Waals surface area contributed by atoms with Gasteiger partial charge in [0.15, 0.2) is 10.9 Å². The van der Waals surface area contributed by atoms with Crippen LogP contribution in [0.25, 0.3) is 5.69 Å². The number of hydrogen-bond donors (Lipinski definition) is 2. The number of carbonyl (C=O) groups excluding carboxylic acids is 1. The van der Waals surface area contributed by atoms with E-state index in [9.17, 15) is 4.79 Å². The van der Waals surface area contributed by atoms with E-state index in [0.29, 0.717) is 15.0 Å². The van der Waals surface area contributed by atoms with Crippen LogP contribution in [-0.2, 0) is 6.42 Å². The first kappa shape index (κ1) is 22.8. The highest BCUT2D eigenvalue weighted by Crippen LogP contribution is 2.28. The number of rotatable bonds is 8. The molecule has 0 aliphatic rings. The van der Waals surface area contributed by atoms with Gasteiger partial charge in [-0.15, -0.1) is 0 Å². The Labute approximate surface area is 211 Å². The van der Waals surface area contributed by atoms with Gasteiger partial charge in [0.2, 0.25) is 0 Å². The predicted molar refractivity (Wildman–Crippen MR) is 141 cm³/mol. The van der Waals surface area contributed by atoms with Crippen LogP contribution in [0.15, 0.2) is 85.7 Å². The summed E-state index contributed by atoms with van der Waals surface area (Å²) in [6.45, 7) is 1.96. The topological polar surface area (TPSA) is 84.7 Å². The predicted octanol–water partition coefficient (Wildman–Crippen LogP) is 6.60. The van der Waals surface area contributed by atoms with E-state index in [-0.39, 0.29) is 12.2 Å². The second-order valence-corrected chi connectivity index (χ2v) is 9.31. The average molecular weight is 501 g/mol. The molecule has 0 unspecified atom stereocenters. The number of imidazole rings is 1. The summed E-state index contributed by atoms with van der Waals surface area (Å²) in [7, 11) is 0. The number of carbonyl (C=O) groups is 1. The number of benzene rings is 2. The molecule has 0 saturated heterocycles. The minimum Gasteiger partial charge on any atom is -0.340 e. The smallest absolute Gasteiger partial charge is 0.187 e. The molecule has 0 spiro atoms. The van der Waals surface area contributed by atoms with Gasteiger partial charge in [-0.2, -0.15) is 0 Å². The van der Waals surface area contributed by atoms with Crippen molar-refractivity contribution in [2.45, 2.75) is 13.3 Å². The molecule has 2 N–H and O–H groups in total. The van der Waals surface area contributed by atoms with Crippen molar-refractivity contribution in [2.75, 3.05) is 10.6 Å². The number of pyridine rings is 1. The standard InChI is InChI=1S/C26H21ClN6OS/c1-17-4-2-7-22(27)21(17)13-23(34)24-15-30-26(35-24)32-19-6-3-5-18(12-19)31-25-9-8-20(14-29-25)33-11-10-28-16-33/h2-12,14-16H,13H2,1H3,(H,29,31)(H,30,32). The van der Waals surface area contributed by atoms with E-state index in [4.69, 9.17) is 11.6 Å². The zero-order valence-electron chi connectivity index (χ0n) is 18.8. The van der Waals surface area contributed by atoms with Crippen molar-refractivity contribution in [1.82, 2.24) is 19.5 Å². The Morgan fingerprint density at radius 3 is 2.60 bits per heavy atom. The van der Waals surface area contributed by atoms with Crippen LogP contribution >= 0.6 is 22.9 Å². The summed E-state index contributed by atoms with van der Waals surface area (Å²) < 4.78 is 1.89. The molecule has 0 aliphatic carbocycles. The Kier molecular flexibility index (Phi) is 6.56. The zero-order chi connectivity index (χ0) is 24.2. The van der Waals surface area contributed by atoms with Crippen molar-refractivity contribution in [2.24, 2.45) is 0 Å². The van der Waals surface area contributed by atoms with E-state index < -0.39 is 0 Å². The van der Waals surface area contributed by atoms with Crippen LogP contribution in [-0.4, -0.2) is 25.3 Å². The molecule has 35 heavy (non-hydrogen) atoms. The zero-order valence-corrected chi connectivity index (χ0v) is 20.3. The highest BCUT2D eigenvalue weighted by atomic mass is 35.5. The molecule has 5 rings (SSSR count). The van der Waals surface area contributed by atoms with Gasteiger partial charge in [-0.05, 0) is 54.4 Å². The molecule has 7 nitrogen and oxygen atoms in total. The maximum atomic E-state index is 12.8. The number of hydrogen-bond acceptors (Lipinski definition) is 7. The van der Waals surface area contributed by atoms with Crippen molar-refractivity contribution in [1.29, 1.82) is 0 Å². The highest BCUT2D eigenvalue weighted by molar-refractivity contribution is 7.17. The van der Waals surface area contributed by atoms with E-state index in [1.165, 1.54) is 11.3 Å². The molecule has 0 atom stereocenters. The van der Waals surface area contributed by atoms with Crippen LogP contribution in [0.2, 0.25) is 5.02 Å². The van der Waals surface area contributed by atoms with Gasteiger partial charge in [0, 0.05) is 35.2 Å². The summed E-state index contributed by atoms with van der Waals surface area (Å²) >= 11 is 7.61. The third kappa shape index (κ3) is 5.40. The monoisotopic (exact) mass is 500 g/mol. The van der Waals surface area contributed by atoms with Crippen LogP contribution in [0.1, 0.15) is 20.8 Å². The van der Waals surface area contributed by atoms with Crippen LogP contribution in [0, 0.1) is 6.92 Å². The van der Waals surface area contributed by atoms with Gasteiger partial charge in [-0.25, -0.2) is 15.0 Å². The molecule has 3 heterocycles. The lowest BCUT2D eigenvalue weighted by Gasteiger charge is -2.09. The lowest BCUT2D eigenvalue weighted by atomic mass is 10.0. The number of anilines is 4. The van der Waals surface area contributed by atoms with Crippen LogP contribution in [0.4, 0.5) is 22.3 Å². The van der Waals surface area contributed by atoms with Gasteiger partial charge in [-0.3, -0.25) is 4.79 Å². The van der Waals surface area contributed by atoms with E-state index in [1.807, 2.05) is 72.3 Å². The molecule has 0 amide bonds. The van der Waals surface area contributed by atoms with Crippen molar-refractivity contribution >= 4 is 51.0 Å². The number of ketones is 1. The Morgan fingerprint density at radius 1 is 1.03 bits per heavy atom. The van der Waals surface area contributed by atoms with E-state index >= 15 is 0 Å². The quantitative estimate of drug-likeness (QED) is 0.233. The number of Topliss-reactive ketones (excluding diaryl/α,β-unsaturated/α-hetero) is 1. The normalized spacial score (nSPS) is 10.8. The molecule has 0 bridgehead atoms. The number of nitrogens with one attached hydrogen (secondary N) is 2. The molecule has 5 aromatic rings. The molecule has 174 valence electrons. The molecule has 0 aliphatic heterocycles. The van der Waals surface area contributed by atoms with Crippen LogP contribution < -0.4 is 10.6 Å². The number of halogens is 1. The van der Waals surface area contributed by atoms with E-state index in [0.717, 1.165) is 34.0 Å². The van der Waals surface area contributed by atoms with Crippen molar-refractivity contribution in [3.63, 3.8) is 0 Å². The molecule has 2 aromatic carbocycles. The third-order valence-electron chi connectivity index (χ3n) is 5.41. The minimum atomic E-state index is -0.00705. The first-order chi connectivity index (χ1) is 17.0. The summed E-state index contributed by atoms with van der Waals surface area (Å²) in [5.74, 6) is 0.718. The second kappa shape index (κ2) is 10.1. The maximum Gasteiger partial charge on any atom is 0.187 e. The van der Waals surface area contributed by atoms with Gasteiger partial charge < -0.3 is 15.2 Å². The first-order valence-electron chi connectivity index (χ1n) is 10.9. The summed E-state index contributed by atoms with van der Waals surface area (Å²) in [6, 6.07) is 17.3. The Bertz CT molecular complexity index is 1440. The first-order valence-corrected chi connectivity index (χ1v) is 12.1. The van der Waals surface area contributed by atoms with Crippen molar-refractivity contribution in [3.8, 4) is 5.69 Å². The van der Waals surface area contributed by atoms with Gasteiger partial charge in [0.1, 0.15) is 5.82 Å². The number of nitrogens with zero attached hydrogens (tertiary/aromatic N) is 4. The average Bonchev–Trinajstić information content (AvgIpc) is 3.55. The Hall–Kier alpha value is -4.01. The molecule has 3 aromatic heterocycles. The molecular formula is C26H21ClN6OS. The minimum absolute atomic E-state index is 0.00705. The maximum absolute atomic E-state index is 12.8. The van der Waals surface area contributed by atoms with Crippen LogP contribution in [0.3, 0.4) is 0 Å². The van der Waals surface area contributed by atoms with Crippen molar-refractivity contribution < 1.29 is 4.79 Å². The number of aryl methyl sites for hydroxylation is 1. The lowest BCUT2D eigenvalue weighted by Crippen LogP contribution is -2.03. The van der Waals surface area contributed by atoms with Gasteiger partial charge >= 0.3 is 0 Å². The second-order valence-electron chi connectivity index (χ2n) is 7.87. The fraction of sp³-hybridized carbons (Fsp3) is 0.0769. The Morgan fingerprint density at radius 2 is 1.86 bits per heavy atom. The van der Waals surface area contributed by atoms with Crippen molar-refractivity contribution in [3.05, 3.63) is 107 Å². The van der Waals surface area contributed by atoms with Crippen LogP contribution in [0.5, 0.6) is 0 Å². The van der Waals surface area contributed by atoms with E-state index in [2.05, 4.69) is 25.6 Å². The molecule has 0 saturated carbocycles. The molecule has 0 radical (unpaired) electrons. The number of thiazole rings is 1. The highest BCUT2D eigenvalue weighted by Gasteiger charge is 2.15. The summed E-state index contributed by atoms with van der Waals surface area (Å²) in [5.41, 5.74) is 4.51. The summed E-state index contributed by atoms with van der Waals surface area (Å²) in [5, 5.41) is 7.83. The summed E-state index contributed by atoms with van der Waals surface area (Å²) in [4.78, 5) is 26.3. The largest absolute Gasteiger partial charge is 0.340 e. The molecule has 9 heteroatoms. The summed E-state index contributed by atoms with van der Waals surface area (Å²) in [6.07, 6.45) is 8.97. The molecule has 0 fully saturated rings. The third-order valence-corrected chi connectivity index (χ3v) is 6.72. The fourth-order valence-corrected chi connectivity index (χ4v) is 4.63. The number of aromatic nitrogens is 4. The fourth-order valence-electron chi connectivity index (χ4n) is 3.57. The van der Waals surface area contributed by atoms with E-state index in [1.54, 1.807) is 24.9 Å². The van der Waals surface area contributed by atoms with Gasteiger partial charge in [-0.1, -0.05) is 41.1 Å². The lowest BCUT2D eigenvalue weighted by molar-refractivity contribution is 0.0996. The Balaban J connectivity index is 1.24. The molecular weight excluding hydrogens is 480 g/mol. The van der Waals surface area contributed by atoms with Gasteiger partial charge in [0.25, 0.3) is 0 Å². The van der Waals surface area contributed by atoms with Gasteiger partial charge in [0.05, 0.1) is 29.3 Å². The SMILES string of the molecule is Cc1cccc(Cl)c1CC(=O)c1cnc(Nc2cccc(Nc3ccc(-n4ccnc4)cn3)c2)s1.